The summed E-state index contributed by atoms with van der Waals surface area (Å²) in [6.07, 6.45) is 6.39. The van der Waals surface area contributed by atoms with Crippen LogP contribution in [0.25, 0.3) is 0 Å². The number of amides is 1. The van der Waals surface area contributed by atoms with Crippen LogP contribution in [0.5, 0.6) is 0 Å². The van der Waals surface area contributed by atoms with Crippen molar-refractivity contribution in [2.24, 2.45) is 0 Å². The van der Waals surface area contributed by atoms with Gasteiger partial charge in [0.15, 0.2) is 0 Å². The number of aromatic nitrogens is 2. The Labute approximate surface area is 136 Å². The lowest BCUT2D eigenvalue weighted by Crippen LogP contribution is -2.42. The van der Waals surface area contributed by atoms with E-state index in [1.165, 1.54) is 11.1 Å². The van der Waals surface area contributed by atoms with E-state index in [4.69, 9.17) is 0 Å². The standard InChI is InChI=1S/C17H26N4O2/c1-2-20-9-5-7-14(20)11-18-16(22)12-21-17(23)10-13-6-3-4-8-15(13)19-21/h10,14H,2-9,11-12H2,1H3,(H,18,22)/t14-/m0/s1. The Morgan fingerprint density at radius 2 is 2.17 bits per heavy atom. The summed E-state index contributed by atoms with van der Waals surface area (Å²) < 4.78 is 1.31. The van der Waals surface area contributed by atoms with Gasteiger partial charge in [-0.25, -0.2) is 4.68 Å². The molecule has 1 fully saturated rings. The lowest BCUT2D eigenvalue weighted by Gasteiger charge is -2.23. The summed E-state index contributed by atoms with van der Waals surface area (Å²) in [5.41, 5.74) is 1.87. The van der Waals surface area contributed by atoms with Gasteiger partial charge in [-0.3, -0.25) is 14.5 Å². The van der Waals surface area contributed by atoms with Gasteiger partial charge >= 0.3 is 0 Å². The molecule has 126 valence electrons. The van der Waals surface area contributed by atoms with E-state index in [1.807, 2.05) is 0 Å². The smallest absolute Gasteiger partial charge is 0.267 e. The van der Waals surface area contributed by atoms with Crippen molar-refractivity contribution in [1.29, 1.82) is 0 Å². The average molecular weight is 318 g/mol. The zero-order chi connectivity index (χ0) is 16.2. The fourth-order valence-corrected chi connectivity index (χ4v) is 3.68. The molecule has 1 aromatic heterocycles. The van der Waals surface area contributed by atoms with E-state index in [0.717, 1.165) is 56.5 Å². The van der Waals surface area contributed by atoms with Crippen LogP contribution in [0.4, 0.5) is 0 Å². The van der Waals surface area contributed by atoms with Gasteiger partial charge in [0, 0.05) is 18.7 Å². The van der Waals surface area contributed by atoms with Gasteiger partial charge < -0.3 is 5.32 Å². The van der Waals surface area contributed by atoms with Crippen molar-refractivity contribution >= 4 is 5.91 Å². The molecule has 0 bridgehead atoms. The molecule has 6 nitrogen and oxygen atoms in total. The molecule has 0 unspecified atom stereocenters. The van der Waals surface area contributed by atoms with Gasteiger partial charge in [-0.1, -0.05) is 6.92 Å². The largest absolute Gasteiger partial charge is 0.353 e. The monoisotopic (exact) mass is 318 g/mol. The number of carbonyl (C=O) groups excluding carboxylic acids is 1. The van der Waals surface area contributed by atoms with Crippen molar-refractivity contribution in [3.05, 3.63) is 27.7 Å². The predicted molar refractivity (Wildman–Crippen MR) is 88.4 cm³/mol. The maximum atomic E-state index is 12.2. The SMILES string of the molecule is CCN1CCC[C@H]1CNC(=O)Cn1nc2c(cc1=O)CCCC2. The minimum Gasteiger partial charge on any atom is -0.353 e. The van der Waals surface area contributed by atoms with Crippen LogP contribution in [0, 0.1) is 0 Å². The van der Waals surface area contributed by atoms with E-state index < -0.39 is 0 Å². The summed E-state index contributed by atoms with van der Waals surface area (Å²) in [4.78, 5) is 26.6. The summed E-state index contributed by atoms with van der Waals surface area (Å²) in [7, 11) is 0. The highest BCUT2D eigenvalue weighted by Gasteiger charge is 2.23. The predicted octanol–water partition coefficient (Wildman–Crippen LogP) is 0.723. The first kappa shape index (κ1) is 16.2. The van der Waals surface area contributed by atoms with E-state index in [1.54, 1.807) is 6.07 Å². The van der Waals surface area contributed by atoms with Gasteiger partial charge in [-0.15, -0.1) is 0 Å². The summed E-state index contributed by atoms with van der Waals surface area (Å²) in [5, 5.41) is 7.36. The Morgan fingerprint density at radius 1 is 1.35 bits per heavy atom. The molecule has 1 saturated heterocycles. The Balaban J connectivity index is 1.58. The third-order valence-electron chi connectivity index (χ3n) is 5.01. The molecule has 1 aromatic rings. The van der Waals surface area contributed by atoms with Crippen LogP contribution in [0.2, 0.25) is 0 Å². The molecule has 0 radical (unpaired) electrons. The molecule has 0 saturated carbocycles. The van der Waals surface area contributed by atoms with E-state index in [9.17, 15) is 9.59 Å². The second-order valence-corrected chi connectivity index (χ2v) is 6.55. The highest BCUT2D eigenvalue weighted by atomic mass is 16.2. The first-order valence-corrected chi connectivity index (χ1v) is 8.78. The molecular weight excluding hydrogens is 292 g/mol. The maximum Gasteiger partial charge on any atom is 0.267 e. The number of rotatable bonds is 5. The lowest BCUT2D eigenvalue weighted by atomic mass is 9.97. The first-order chi connectivity index (χ1) is 11.2. The van der Waals surface area contributed by atoms with Crippen molar-refractivity contribution in [3.63, 3.8) is 0 Å². The van der Waals surface area contributed by atoms with Crippen LogP contribution in [-0.2, 0) is 24.2 Å². The number of carbonyl (C=O) groups is 1. The van der Waals surface area contributed by atoms with E-state index in [-0.39, 0.29) is 18.0 Å². The highest BCUT2D eigenvalue weighted by molar-refractivity contribution is 5.75. The molecule has 2 aliphatic rings. The van der Waals surface area contributed by atoms with Crippen LogP contribution in [0.15, 0.2) is 10.9 Å². The number of nitrogens with zero attached hydrogens (tertiary/aromatic N) is 3. The number of likely N-dealkylation sites (tertiary alicyclic amines) is 1. The van der Waals surface area contributed by atoms with Crippen molar-refractivity contribution in [2.45, 2.75) is 58.0 Å². The molecule has 1 N–H and O–H groups in total. The maximum absolute atomic E-state index is 12.2. The molecule has 1 aliphatic heterocycles. The number of aryl methyl sites for hydroxylation is 2. The third kappa shape index (κ3) is 3.80. The fraction of sp³-hybridized carbons (Fsp3) is 0.706. The Kier molecular flexibility index (Phi) is 5.10. The third-order valence-corrected chi connectivity index (χ3v) is 5.01. The zero-order valence-electron chi connectivity index (χ0n) is 13.9. The van der Waals surface area contributed by atoms with Crippen LogP contribution in [0.3, 0.4) is 0 Å². The minimum atomic E-state index is -0.170. The number of nitrogens with one attached hydrogen (secondary N) is 1. The van der Waals surface area contributed by atoms with Gasteiger partial charge in [-0.05, 0) is 57.2 Å². The quantitative estimate of drug-likeness (QED) is 0.869. The van der Waals surface area contributed by atoms with Crippen molar-refractivity contribution in [3.8, 4) is 0 Å². The number of hydrogen-bond donors (Lipinski definition) is 1. The van der Waals surface area contributed by atoms with Crippen LogP contribution < -0.4 is 10.9 Å². The molecule has 1 amide bonds. The Morgan fingerprint density at radius 3 is 3.00 bits per heavy atom. The van der Waals surface area contributed by atoms with Crippen LogP contribution >= 0.6 is 0 Å². The van der Waals surface area contributed by atoms with Crippen molar-refractivity contribution in [1.82, 2.24) is 20.0 Å². The van der Waals surface area contributed by atoms with E-state index in [0.29, 0.717) is 12.6 Å². The van der Waals surface area contributed by atoms with Gasteiger partial charge in [0.25, 0.3) is 5.56 Å². The topological polar surface area (TPSA) is 67.2 Å². The molecule has 1 atom stereocenters. The molecule has 23 heavy (non-hydrogen) atoms. The minimum absolute atomic E-state index is 0.0188. The Bertz CT molecular complexity index is 626. The van der Waals surface area contributed by atoms with Gasteiger partial charge in [0.1, 0.15) is 6.54 Å². The first-order valence-electron chi connectivity index (χ1n) is 8.78. The summed E-state index contributed by atoms with van der Waals surface area (Å²) in [6, 6.07) is 2.09. The van der Waals surface area contributed by atoms with E-state index in [2.05, 4.69) is 22.2 Å². The number of fused-ring (bicyclic) bond motifs is 1. The second-order valence-electron chi connectivity index (χ2n) is 6.55. The molecule has 0 aromatic carbocycles. The van der Waals surface area contributed by atoms with Crippen LogP contribution in [0.1, 0.15) is 43.9 Å². The second kappa shape index (κ2) is 7.25. The summed E-state index contributed by atoms with van der Waals surface area (Å²) >= 11 is 0. The Hall–Kier alpha value is -1.69. The molecule has 6 heteroatoms. The molecule has 1 aliphatic carbocycles. The molecular formula is C17H26N4O2. The average Bonchev–Trinajstić information content (AvgIpc) is 3.01. The van der Waals surface area contributed by atoms with Crippen molar-refractivity contribution in [2.75, 3.05) is 19.6 Å². The zero-order valence-corrected chi connectivity index (χ0v) is 13.9. The number of hydrogen-bond acceptors (Lipinski definition) is 4. The van der Waals surface area contributed by atoms with Crippen LogP contribution in [-0.4, -0.2) is 46.3 Å². The van der Waals surface area contributed by atoms with Gasteiger partial charge in [0.05, 0.1) is 5.69 Å². The molecule has 0 spiro atoms. The summed E-state index contributed by atoms with van der Waals surface area (Å²) in [5.74, 6) is -0.127. The molecule has 3 rings (SSSR count). The van der Waals surface area contributed by atoms with Gasteiger partial charge in [0.2, 0.25) is 5.91 Å². The van der Waals surface area contributed by atoms with Crippen molar-refractivity contribution < 1.29 is 4.79 Å². The number of likely N-dealkylation sites (N-methyl/N-ethyl adjacent to an activating group) is 1. The summed E-state index contributed by atoms with van der Waals surface area (Å²) in [6.45, 7) is 4.96. The fourth-order valence-electron chi connectivity index (χ4n) is 3.68. The lowest BCUT2D eigenvalue weighted by molar-refractivity contribution is -0.122. The van der Waals surface area contributed by atoms with E-state index >= 15 is 0 Å². The van der Waals surface area contributed by atoms with Gasteiger partial charge in [-0.2, -0.15) is 5.10 Å². The molecule has 2 heterocycles. The normalized spacial score (nSPS) is 21.2. The highest BCUT2D eigenvalue weighted by Crippen LogP contribution is 2.17.